The molecule has 5 heteroatoms. The molecule has 0 fully saturated rings. The molecule has 5 nitrogen and oxygen atoms in total. The minimum atomic E-state index is -0.339. The molecule has 2 aromatic rings. The van der Waals surface area contributed by atoms with Crippen LogP contribution in [0.15, 0.2) is 53.6 Å². The predicted molar refractivity (Wildman–Crippen MR) is 85.4 cm³/mol. The van der Waals surface area contributed by atoms with Crippen LogP contribution < -0.4 is 14.9 Å². The molecule has 2 rings (SSSR count). The summed E-state index contributed by atoms with van der Waals surface area (Å²) in [5, 5.41) is 3.89. The van der Waals surface area contributed by atoms with Crippen molar-refractivity contribution in [2.45, 2.75) is 6.92 Å². The van der Waals surface area contributed by atoms with E-state index in [1.165, 1.54) is 5.56 Å². The molecular weight excluding hydrogens is 280 g/mol. The van der Waals surface area contributed by atoms with E-state index in [1.807, 2.05) is 43.3 Å². The first-order valence-corrected chi connectivity index (χ1v) is 6.83. The van der Waals surface area contributed by atoms with Crippen LogP contribution in [-0.2, 0) is 4.79 Å². The largest absolute Gasteiger partial charge is 0.493 e. The highest BCUT2D eigenvalue weighted by Crippen LogP contribution is 2.25. The number of aryl methyl sites for hydroxylation is 1. The number of hydrogen-bond donors (Lipinski definition) is 1. The van der Waals surface area contributed by atoms with E-state index >= 15 is 0 Å². The van der Waals surface area contributed by atoms with Crippen molar-refractivity contribution in [2.75, 3.05) is 13.7 Å². The van der Waals surface area contributed by atoms with Gasteiger partial charge in [0.15, 0.2) is 18.1 Å². The zero-order chi connectivity index (χ0) is 15.8. The maximum Gasteiger partial charge on any atom is 0.277 e. The van der Waals surface area contributed by atoms with Gasteiger partial charge in [-0.15, -0.1) is 0 Å². The number of carbonyl (C=O) groups excluding carboxylic acids is 1. The van der Waals surface area contributed by atoms with Crippen LogP contribution in [0.4, 0.5) is 0 Å². The Kier molecular flexibility index (Phi) is 5.54. The van der Waals surface area contributed by atoms with Gasteiger partial charge in [-0.3, -0.25) is 4.79 Å². The van der Waals surface area contributed by atoms with Crippen molar-refractivity contribution < 1.29 is 14.3 Å². The van der Waals surface area contributed by atoms with Gasteiger partial charge in [-0.05, 0) is 24.6 Å². The molecule has 114 valence electrons. The van der Waals surface area contributed by atoms with Gasteiger partial charge in [-0.1, -0.05) is 42.0 Å². The number of para-hydroxylation sites is 2. The van der Waals surface area contributed by atoms with Crippen LogP contribution in [0.3, 0.4) is 0 Å². The van der Waals surface area contributed by atoms with Gasteiger partial charge >= 0.3 is 0 Å². The summed E-state index contributed by atoms with van der Waals surface area (Å²) in [7, 11) is 1.55. The van der Waals surface area contributed by atoms with Crippen LogP contribution in [0.5, 0.6) is 11.5 Å². The van der Waals surface area contributed by atoms with Crippen LogP contribution in [0.25, 0.3) is 0 Å². The summed E-state index contributed by atoms with van der Waals surface area (Å²) in [6.07, 6.45) is 1.58. The fourth-order valence-corrected chi connectivity index (χ4v) is 1.74. The van der Waals surface area contributed by atoms with Gasteiger partial charge in [0, 0.05) is 0 Å². The Bertz CT molecular complexity index is 651. The molecule has 0 saturated carbocycles. The Balaban J connectivity index is 1.82. The molecule has 0 heterocycles. The average Bonchev–Trinajstić information content (AvgIpc) is 2.55. The summed E-state index contributed by atoms with van der Waals surface area (Å²) in [5.41, 5.74) is 4.50. The second-order valence-electron chi connectivity index (χ2n) is 4.64. The summed E-state index contributed by atoms with van der Waals surface area (Å²) < 4.78 is 10.5. The zero-order valence-corrected chi connectivity index (χ0v) is 12.6. The number of hydrazone groups is 1. The highest BCUT2D eigenvalue weighted by molar-refractivity contribution is 5.82. The number of hydrogen-bond acceptors (Lipinski definition) is 4. The van der Waals surface area contributed by atoms with E-state index in [-0.39, 0.29) is 12.5 Å². The van der Waals surface area contributed by atoms with Gasteiger partial charge in [0.2, 0.25) is 0 Å². The molecule has 0 saturated heterocycles. The van der Waals surface area contributed by atoms with Gasteiger partial charge in [0.25, 0.3) is 5.91 Å². The van der Waals surface area contributed by atoms with Crippen LogP contribution in [0.2, 0.25) is 0 Å². The van der Waals surface area contributed by atoms with Crippen molar-refractivity contribution in [1.82, 2.24) is 5.43 Å². The van der Waals surface area contributed by atoms with Gasteiger partial charge < -0.3 is 9.47 Å². The fourth-order valence-electron chi connectivity index (χ4n) is 1.74. The molecule has 0 aromatic heterocycles. The monoisotopic (exact) mass is 298 g/mol. The molecule has 0 aliphatic heterocycles. The maximum absolute atomic E-state index is 11.7. The lowest BCUT2D eigenvalue weighted by atomic mass is 10.2. The summed E-state index contributed by atoms with van der Waals surface area (Å²) in [6.45, 7) is 1.88. The highest BCUT2D eigenvalue weighted by Gasteiger charge is 2.05. The van der Waals surface area contributed by atoms with Gasteiger partial charge in [0.05, 0.1) is 13.3 Å². The Labute approximate surface area is 129 Å². The number of rotatable bonds is 6. The number of nitrogens with one attached hydrogen (secondary N) is 1. The lowest BCUT2D eigenvalue weighted by molar-refractivity contribution is -0.123. The van der Waals surface area contributed by atoms with E-state index in [4.69, 9.17) is 9.47 Å². The van der Waals surface area contributed by atoms with Gasteiger partial charge in [-0.25, -0.2) is 5.43 Å². The Hall–Kier alpha value is -2.82. The van der Waals surface area contributed by atoms with Crippen molar-refractivity contribution in [2.24, 2.45) is 5.10 Å². The molecule has 1 N–H and O–H groups in total. The van der Waals surface area contributed by atoms with E-state index in [0.29, 0.717) is 11.5 Å². The zero-order valence-electron chi connectivity index (χ0n) is 12.6. The number of amides is 1. The number of benzene rings is 2. The smallest absolute Gasteiger partial charge is 0.277 e. The maximum atomic E-state index is 11.7. The van der Waals surface area contributed by atoms with E-state index in [2.05, 4.69) is 10.5 Å². The third-order valence-corrected chi connectivity index (χ3v) is 2.91. The minimum Gasteiger partial charge on any atom is -0.493 e. The van der Waals surface area contributed by atoms with Crippen LogP contribution in [0.1, 0.15) is 11.1 Å². The average molecular weight is 298 g/mol. The van der Waals surface area contributed by atoms with Crippen molar-refractivity contribution in [1.29, 1.82) is 0 Å². The first-order valence-electron chi connectivity index (χ1n) is 6.83. The summed E-state index contributed by atoms with van der Waals surface area (Å²) in [4.78, 5) is 11.7. The molecule has 0 aliphatic carbocycles. The number of carbonyl (C=O) groups is 1. The number of methoxy groups -OCH3 is 1. The molecule has 0 bridgehead atoms. The topological polar surface area (TPSA) is 59.9 Å². The summed E-state index contributed by atoms with van der Waals surface area (Å²) in [5.74, 6) is 0.760. The first-order chi connectivity index (χ1) is 10.7. The van der Waals surface area contributed by atoms with Crippen LogP contribution in [-0.4, -0.2) is 25.8 Å². The van der Waals surface area contributed by atoms with Crippen LogP contribution in [0, 0.1) is 6.92 Å². The molecule has 1 amide bonds. The molecule has 22 heavy (non-hydrogen) atoms. The molecule has 0 unspecified atom stereocenters. The fraction of sp³-hybridized carbons (Fsp3) is 0.176. The lowest BCUT2D eigenvalue weighted by Gasteiger charge is -2.09. The number of nitrogens with zero attached hydrogens (tertiary/aromatic N) is 1. The third kappa shape index (κ3) is 4.63. The first kappa shape index (κ1) is 15.6. The summed E-state index contributed by atoms with van der Waals surface area (Å²) >= 11 is 0. The SMILES string of the molecule is COc1ccccc1OCC(=O)NN=Cc1ccc(C)cc1. The molecular formula is C17H18N2O3. The lowest BCUT2D eigenvalue weighted by Crippen LogP contribution is -2.24. The molecule has 0 spiro atoms. The second-order valence-corrected chi connectivity index (χ2v) is 4.64. The standard InChI is InChI=1S/C17H18N2O3/c1-13-7-9-14(10-8-13)11-18-19-17(20)12-22-16-6-4-3-5-15(16)21-2/h3-11H,12H2,1-2H3,(H,19,20). The van der Waals surface area contributed by atoms with Crippen molar-refractivity contribution in [3.63, 3.8) is 0 Å². The van der Waals surface area contributed by atoms with Crippen LogP contribution >= 0.6 is 0 Å². The van der Waals surface area contributed by atoms with E-state index in [1.54, 1.807) is 25.5 Å². The second kappa shape index (κ2) is 7.83. The van der Waals surface area contributed by atoms with E-state index < -0.39 is 0 Å². The van der Waals surface area contributed by atoms with Crippen molar-refractivity contribution >= 4 is 12.1 Å². The predicted octanol–water partition coefficient (Wildman–Crippen LogP) is 2.53. The summed E-state index contributed by atoms with van der Waals surface area (Å²) in [6, 6.07) is 15.0. The highest BCUT2D eigenvalue weighted by atomic mass is 16.5. The third-order valence-electron chi connectivity index (χ3n) is 2.91. The molecule has 0 radical (unpaired) electrons. The van der Waals surface area contributed by atoms with Gasteiger partial charge in [-0.2, -0.15) is 5.10 Å². The quantitative estimate of drug-likeness (QED) is 0.658. The van der Waals surface area contributed by atoms with Crippen molar-refractivity contribution in [3.8, 4) is 11.5 Å². The molecule has 0 aliphatic rings. The van der Waals surface area contributed by atoms with E-state index in [0.717, 1.165) is 5.56 Å². The normalized spacial score (nSPS) is 10.5. The molecule has 0 atom stereocenters. The Morgan fingerprint density at radius 3 is 2.50 bits per heavy atom. The Morgan fingerprint density at radius 2 is 1.82 bits per heavy atom. The molecule has 2 aromatic carbocycles. The number of ether oxygens (including phenoxy) is 2. The minimum absolute atomic E-state index is 0.133. The van der Waals surface area contributed by atoms with Gasteiger partial charge in [0.1, 0.15) is 0 Å². The van der Waals surface area contributed by atoms with Crippen molar-refractivity contribution in [3.05, 3.63) is 59.7 Å². The Morgan fingerprint density at radius 1 is 1.14 bits per heavy atom. The van der Waals surface area contributed by atoms with E-state index in [9.17, 15) is 4.79 Å².